The molecular formula is C11H15BrN2O4S2. The quantitative estimate of drug-likeness (QED) is 0.761. The van der Waals surface area contributed by atoms with Gasteiger partial charge in [0.2, 0.25) is 10.0 Å². The highest BCUT2D eigenvalue weighted by atomic mass is 79.9. The molecule has 0 aliphatic carbocycles. The molecule has 1 aromatic rings. The number of hydrogen-bond donors (Lipinski definition) is 1. The zero-order valence-corrected chi connectivity index (χ0v) is 14.1. The summed E-state index contributed by atoms with van der Waals surface area (Å²) in [6.45, 7) is 1.65. The maximum Gasteiger partial charge on any atom is 0.243 e. The highest BCUT2D eigenvalue weighted by Crippen LogP contribution is 2.29. The van der Waals surface area contributed by atoms with Crippen molar-refractivity contribution >= 4 is 41.5 Å². The average Bonchev–Trinajstić information content (AvgIpc) is 2.33. The molecule has 0 amide bonds. The van der Waals surface area contributed by atoms with E-state index in [1.165, 1.54) is 10.4 Å². The molecule has 1 heterocycles. The number of nitrogen functional groups attached to an aromatic ring is 1. The summed E-state index contributed by atoms with van der Waals surface area (Å²) < 4.78 is 49.7. The summed E-state index contributed by atoms with van der Waals surface area (Å²) in [7, 11) is -6.84. The Morgan fingerprint density at radius 2 is 1.80 bits per heavy atom. The van der Waals surface area contributed by atoms with Crippen LogP contribution in [0.15, 0.2) is 21.5 Å². The number of sulfone groups is 1. The van der Waals surface area contributed by atoms with Crippen LogP contribution >= 0.6 is 15.9 Å². The highest BCUT2D eigenvalue weighted by Gasteiger charge is 2.32. The highest BCUT2D eigenvalue weighted by molar-refractivity contribution is 9.10. The van der Waals surface area contributed by atoms with E-state index < -0.39 is 19.9 Å². The monoisotopic (exact) mass is 382 g/mol. The van der Waals surface area contributed by atoms with Crippen molar-refractivity contribution in [2.24, 2.45) is 0 Å². The van der Waals surface area contributed by atoms with Gasteiger partial charge in [0.05, 0.1) is 16.4 Å². The minimum absolute atomic E-state index is 0.0138. The number of halogens is 1. The van der Waals surface area contributed by atoms with Crippen molar-refractivity contribution in [2.45, 2.75) is 11.8 Å². The second-order valence-electron chi connectivity index (χ2n) is 4.70. The molecule has 112 valence electrons. The number of anilines is 1. The number of nitrogens with zero attached hydrogens (tertiary/aromatic N) is 1. The third-order valence-corrected chi connectivity index (χ3v) is 7.55. The van der Waals surface area contributed by atoms with Crippen LogP contribution in [0.5, 0.6) is 0 Å². The van der Waals surface area contributed by atoms with Crippen LogP contribution in [0.1, 0.15) is 5.56 Å². The Hall–Kier alpha value is -0.640. The Bertz CT molecular complexity index is 730. The second-order valence-corrected chi connectivity index (χ2v) is 9.76. The van der Waals surface area contributed by atoms with Gasteiger partial charge in [-0.2, -0.15) is 4.31 Å². The van der Waals surface area contributed by atoms with Crippen LogP contribution in [-0.4, -0.2) is 45.7 Å². The van der Waals surface area contributed by atoms with E-state index >= 15 is 0 Å². The predicted molar refractivity (Wildman–Crippen MR) is 80.7 cm³/mol. The van der Waals surface area contributed by atoms with Gasteiger partial charge in [-0.15, -0.1) is 0 Å². The number of rotatable bonds is 2. The molecule has 0 unspecified atom stereocenters. The maximum atomic E-state index is 12.5. The Balaban J connectivity index is 2.39. The third kappa shape index (κ3) is 3.00. The Kier molecular flexibility index (Phi) is 4.16. The summed E-state index contributed by atoms with van der Waals surface area (Å²) in [4.78, 5) is 0.123. The van der Waals surface area contributed by atoms with Crippen molar-refractivity contribution in [1.82, 2.24) is 4.31 Å². The molecule has 1 saturated heterocycles. The summed E-state index contributed by atoms with van der Waals surface area (Å²) in [5, 5.41) is 0. The minimum atomic E-state index is -3.71. The van der Waals surface area contributed by atoms with E-state index in [1.807, 2.05) is 0 Å². The molecule has 1 aliphatic rings. The molecule has 2 rings (SSSR count). The number of hydrogen-bond acceptors (Lipinski definition) is 5. The van der Waals surface area contributed by atoms with Crippen molar-refractivity contribution in [1.29, 1.82) is 0 Å². The topological polar surface area (TPSA) is 97.5 Å². The van der Waals surface area contributed by atoms with Gasteiger partial charge in [0.1, 0.15) is 0 Å². The first kappa shape index (κ1) is 15.7. The van der Waals surface area contributed by atoms with Crippen molar-refractivity contribution in [3.8, 4) is 0 Å². The summed E-state index contributed by atoms with van der Waals surface area (Å²) in [6.07, 6.45) is 0. The van der Waals surface area contributed by atoms with Crippen molar-refractivity contribution in [3.05, 3.63) is 22.2 Å². The van der Waals surface area contributed by atoms with E-state index in [9.17, 15) is 16.8 Å². The fourth-order valence-corrected chi connectivity index (χ4v) is 5.59. The molecule has 0 saturated carbocycles. The Morgan fingerprint density at radius 3 is 2.35 bits per heavy atom. The first-order chi connectivity index (χ1) is 9.13. The van der Waals surface area contributed by atoms with E-state index in [2.05, 4.69) is 15.9 Å². The minimum Gasteiger partial charge on any atom is -0.398 e. The Morgan fingerprint density at radius 1 is 1.25 bits per heavy atom. The normalized spacial score (nSPS) is 19.9. The van der Waals surface area contributed by atoms with Crippen molar-refractivity contribution in [3.63, 3.8) is 0 Å². The van der Waals surface area contributed by atoms with Gasteiger partial charge in [0.25, 0.3) is 0 Å². The smallest absolute Gasteiger partial charge is 0.243 e. The first-order valence-corrected chi connectivity index (χ1v) is 9.95. The molecule has 0 bridgehead atoms. The molecular weight excluding hydrogens is 368 g/mol. The molecule has 0 atom stereocenters. The van der Waals surface area contributed by atoms with Crippen molar-refractivity contribution < 1.29 is 16.8 Å². The fourth-order valence-electron chi connectivity index (χ4n) is 2.02. The van der Waals surface area contributed by atoms with Crippen LogP contribution in [0, 0.1) is 6.92 Å². The van der Waals surface area contributed by atoms with Gasteiger partial charge in [-0.3, -0.25) is 0 Å². The molecule has 0 spiro atoms. The third-order valence-electron chi connectivity index (χ3n) is 3.22. The zero-order chi connectivity index (χ0) is 15.1. The standard InChI is InChI=1S/C11H15BrN2O4S2/c1-8-6-9(12)10(13)7-11(8)20(17,18)14-2-4-19(15,16)5-3-14/h6-7H,2-5,13H2,1H3. The second kappa shape index (κ2) is 5.28. The molecule has 1 aliphatic heterocycles. The van der Waals surface area contributed by atoms with Gasteiger partial charge in [-0.25, -0.2) is 16.8 Å². The summed E-state index contributed by atoms with van der Waals surface area (Å²) in [5.74, 6) is -0.283. The molecule has 6 nitrogen and oxygen atoms in total. The summed E-state index contributed by atoms with van der Waals surface area (Å²) in [6, 6.07) is 3.04. The lowest BCUT2D eigenvalue weighted by molar-refractivity contribution is 0.430. The van der Waals surface area contributed by atoms with Crippen LogP contribution in [0.2, 0.25) is 0 Å². The summed E-state index contributed by atoms with van der Waals surface area (Å²) in [5.41, 5.74) is 6.63. The molecule has 1 fully saturated rings. The largest absolute Gasteiger partial charge is 0.398 e. The SMILES string of the molecule is Cc1cc(Br)c(N)cc1S(=O)(=O)N1CCS(=O)(=O)CC1. The number of benzene rings is 1. The van der Waals surface area contributed by atoms with E-state index in [1.54, 1.807) is 13.0 Å². The zero-order valence-electron chi connectivity index (χ0n) is 10.8. The predicted octanol–water partition coefficient (Wildman–Crippen LogP) is 0.759. The van der Waals surface area contributed by atoms with E-state index in [0.29, 0.717) is 15.7 Å². The van der Waals surface area contributed by atoms with Crippen LogP contribution in [0.3, 0.4) is 0 Å². The fraction of sp³-hybridized carbons (Fsp3) is 0.455. The van der Waals surface area contributed by atoms with E-state index in [4.69, 9.17) is 5.73 Å². The number of aryl methyl sites for hydroxylation is 1. The van der Waals surface area contributed by atoms with E-state index in [-0.39, 0.29) is 29.5 Å². The number of sulfonamides is 1. The lowest BCUT2D eigenvalue weighted by atomic mass is 10.2. The molecule has 0 aromatic heterocycles. The van der Waals surface area contributed by atoms with Gasteiger partial charge in [-0.1, -0.05) is 0 Å². The number of nitrogens with two attached hydrogens (primary N) is 1. The Labute approximate surface area is 127 Å². The summed E-state index contributed by atoms with van der Waals surface area (Å²) >= 11 is 3.25. The lowest BCUT2D eigenvalue weighted by Crippen LogP contribution is -2.43. The van der Waals surface area contributed by atoms with Crippen LogP contribution in [0.4, 0.5) is 5.69 Å². The van der Waals surface area contributed by atoms with Crippen LogP contribution < -0.4 is 5.73 Å². The van der Waals surface area contributed by atoms with E-state index in [0.717, 1.165) is 0 Å². The molecule has 0 radical (unpaired) electrons. The van der Waals surface area contributed by atoms with Gasteiger partial charge < -0.3 is 5.73 Å². The lowest BCUT2D eigenvalue weighted by Gasteiger charge is -2.26. The van der Waals surface area contributed by atoms with Crippen molar-refractivity contribution in [2.75, 3.05) is 30.3 Å². The molecule has 9 heteroatoms. The average molecular weight is 383 g/mol. The van der Waals surface area contributed by atoms with Crippen LogP contribution in [-0.2, 0) is 19.9 Å². The van der Waals surface area contributed by atoms with Gasteiger partial charge in [0, 0.05) is 23.2 Å². The maximum absolute atomic E-state index is 12.5. The van der Waals surface area contributed by atoms with Gasteiger partial charge in [0.15, 0.2) is 9.84 Å². The molecule has 2 N–H and O–H groups in total. The molecule has 1 aromatic carbocycles. The van der Waals surface area contributed by atoms with Crippen LogP contribution in [0.25, 0.3) is 0 Å². The van der Waals surface area contributed by atoms with Gasteiger partial charge in [-0.05, 0) is 40.5 Å². The van der Waals surface area contributed by atoms with Gasteiger partial charge >= 0.3 is 0 Å². The molecule has 20 heavy (non-hydrogen) atoms. The first-order valence-electron chi connectivity index (χ1n) is 5.90.